The minimum absolute atomic E-state index is 0.0644. The third-order valence-corrected chi connectivity index (χ3v) is 4.43. The number of ether oxygens (including phenoxy) is 4. The maximum Gasteiger partial charge on any atom is 0.408 e. The second-order valence-electron chi connectivity index (χ2n) is 9.11. The Morgan fingerprint density at radius 1 is 0.743 bits per heavy atom. The molecule has 0 aliphatic rings. The van der Waals surface area contributed by atoms with Crippen LogP contribution in [-0.4, -0.2) is 55.0 Å². The van der Waals surface area contributed by atoms with Gasteiger partial charge in [-0.15, -0.1) is 24.7 Å². The van der Waals surface area contributed by atoms with Crippen LogP contribution in [0.4, 0.5) is 4.79 Å². The summed E-state index contributed by atoms with van der Waals surface area (Å²) in [5, 5.41) is 2.59. The molecule has 0 atom stereocenters. The van der Waals surface area contributed by atoms with Gasteiger partial charge >= 0.3 is 24.0 Å². The fraction of sp³-hybridized carbons (Fsp3) is 0.692. The number of terminal acetylenes is 2. The first-order valence-corrected chi connectivity index (χ1v) is 11.8. The van der Waals surface area contributed by atoms with Crippen molar-refractivity contribution in [2.75, 3.05) is 19.8 Å². The molecule has 0 saturated heterocycles. The lowest BCUT2D eigenvalue weighted by Gasteiger charge is -2.34. The van der Waals surface area contributed by atoms with Crippen LogP contribution < -0.4 is 5.32 Å². The number of amides is 1. The molecule has 0 aliphatic heterocycles. The highest BCUT2D eigenvalue weighted by atomic mass is 16.6. The van der Waals surface area contributed by atoms with Gasteiger partial charge in [-0.05, 0) is 40.0 Å². The van der Waals surface area contributed by atoms with Crippen LogP contribution in [0.15, 0.2) is 0 Å². The summed E-state index contributed by atoms with van der Waals surface area (Å²) in [4.78, 5) is 49.2. The highest BCUT2D eigenvalue weighted by molar-refractivity contribution is 5.72. The fourth-order valence-electron chi connectivity index (χ4n) is 2.62. The summed E-state index contributed by atoms with van der Waals surface area (Å²) in [6.45, 7) is 5.73. The third kappa shape index (κ3) is 17.0. The van der Waals surface area contributed by atoms with Gasteiger partial charge in [0, 0.05) is 32.1 Å². The molecule has 0 aromatic rings. The largest absolute Gasteiger partial charge is 0.463 e. The third-order valence-electron chi connectivity index (χ3n) is 4.43. The number of carbonyl (C=O) groups excluding carboxylic acids is 4. The second kappa shape index (κ2) is 17.3. The maximum atomic E-state index is 12.6. The van der Waals surface area contributed by atoms with E-state index in [1.807, 2.05) is 6.92 Å². The van der Waals surface area contributed by atoms with E-state index < -0.39 is 55.0 Å². The summed E-state index contributed by atoms with van der Waals surface area (Å²) in [5.41, 5.74) is -2.39. The molecule has 0 aliphatic carbocycles. The van der Waals surface area contributed by atoms with Gasteiger partial charge in [-0.25, -0.2) is 4.79 Å². The Balaban J connectivity index is 5.63. The van der Waals surface area contributed by atoms with E-state index in [-0.39, 0.29) is 19.3 Å². The first-order valence-electron chi connectivity index (χ1n) is 11.8. The highest BCUT2D eigenvalue weighted by Crippen LogP contribution is 2.15. The van der Waals surface area contributed by atoms with Crippen LogP contribution in [0, 0.1) is 24.7 Å². The SMILES string of the molecule is C#CCCCC(=O)OCC(COC(=O)CCCC)(COC(=O)CCCC#C)NC(=O)OC(C)(C)C. The van der Waals surface area contributed by atoms with Crippen molar-refractivity contribution < 1.29 is 38.1 Å². The summed E-state index contributed by atoms with van der Waals surface area (Å²) >= 11 is 0. The molecule has 0 radical (unpaired) electrons. The van der Waals surface area contributed by atoms with Crippen LogP contribution in [0.5, 0.6) is 0 Å². The maximum absolute atomic E-state index is 12.6. The van der Waals surface area contributed by atoms with E-state index in [0.29, 0.717) is 32.1 Å². The van der Waals surface area contributed by atoms with E-state index in [0.717, 1.165) is 6.42 Å². The van der Waals surface area contributed by atoms with Crippen molar-refractivity contribution in [1.82, 2.24) is 5.32 Å². The zero-order valence-electron chi connectivity index (χ0n) is 21.4. The molecule has 0 fully saturated rings. The molecule has 1 amide bonds. The normalized spacial score (nSPS) is 10.9. The molecule has 9 nitrogen and oxygen atoms in total. The van der Waals surface area contributed by atoms with Crippen molar-refractivity contribution in [2.45, 2.75) is 96.6 Å². The Kier molecular flexibility index (Phi) is 15.7. The Morgan fingerprint density at radius 3 is 1.49 bits per heavy atom. The van der Waals surface area contributed by atoms with E-state index in [4.69, 9.17) is 31.8 Å². The fourth-order valence-corrected chi connectivity index (χ4v) is 2.62. The Hall–Kier alpha value is -3.20. The quantitative estimate of drug-likeness (QED) is 0.150. The molecule has 196 valence electrons. The zero-order valence-corrected chi connectivity index (χ0v) is 21.4. The van der Waals surface area contributed by atoms with Crippen molar-refractivity contribution >= 4 is 24.0 Å². The minimum atomic E-state index is -1.56. The Labute approximate surface area is 209 Å². The number of hydrogen-bond acceptors (Lipinski definition) is 8. The summed E-state index contributed by atoms with van der Waals surface area (Å²) in [6.07, 6.45) is 12.9. The molecule has 0 bridgehead atoms. The van der Waals surface area contributed by atoms with Crippen molar-refractivity contribution in [3.8, 4) is 24.7 Å². The lowest BCUT2D eigenvalue weighted by atomic mass is 10.0. The monoisotopic (exact) mass is 493 g/mol. The van der Waals surface area contributed by atoms with E-state index in [9.17, 15) is 19.2 Å². The van der Waals surface area contributed by atoms with Gasteiger partial charge in [-0.3, -0.25) is 14.4 Å². The molecule has 0 aromatic carbocycles. The predicted molar refractivity (Wildman–Crippen MR) is 130 cm³/mol. The van der Waals surface area contributed by atoms with Crippen molar-refractivity contribution in [1.29, 1.82) is 0 Å². The van der Waals surface area contributed by atoms with Gasteiger partial charge in [0.15, 0.2) is 0 Å². The van der Waals surface area contributed by atoms with Crippen LogP contribution in [-0.2, 0) is 33.3 Å². The summed E-state index contributed by atoms with van der Waals surface area (Å²) in [6, 6.07) is 0. The number of rotatable bonds is 16. The van der Waals surface area contributed by atoms with Crippen molar-refractivity contribution in [2.24, 2.45) is 0 Å². The van der Waals surface area contributed by atoms with E-state index in [1.54, 1.807) is 20.8 Å². The van der Waals surface area contributed by atoms with Crippen LogP contribution in [0.2, 0.25) is 0 Å². The minimum Gasteiger partial charge on any atom is -0.463 e. The number of unbranched alkanes of at least 4 members (excludes halogenated alkanes) is 3. The van der Waals surface area contributed by atoms with E-state index in [2.05, 4.69) is 17.2 Å². The molecule has 9 heteroatoms. The van der Waals surface area contributed by atoms with Gasteiger partial charge in [0.1, 0.15) is 31.0 Å². The second-order valence-corrected chi connectivity index (χ2v) is 9.11. The standard InChI is InChI=1S/C26H39NO8/c1-7-10-13-16-22(29)33-19-26(18-32-21(28)15-12-9-3,27-24(31)35-25(4,5)6)20-34-23(30)17-14-11-8-2/h1-2H,9-20H2,3-6H3,(H,27,31). The van der Waals surface area contributed by atoms with Crippen molar-refractivity contribution in [3.63, 3.8) is 0 Å². The van der Waals surface area contributed by atoms with E-state index >= 15 is 0 Å². The molecular formula is C26H39NO8. The van der Waals surface area contributed by atoms with Crippen LogP contribution in [0.25, 0.3) is 0 Å². The van der Waals surface area contributed by atoms with Crippen LogP contribution in [0.3, 0.4) is 0 Å². The molecule has 0 rings (SSSR count). The zero-order chi connectivity index (χ0) is 26.7. The first kappa shape index (κ1) is 31.8. The van der Waals surface area contributed by atoms with Crippen LogP contribution >= 0.6 is 0 Å². The lowest BCUT2D eigenvalue weighted by molar-refractivity contribution is -0.157. The number of alkyl carbamates (subject to hydrolysis) is 1. The molecular weight excluding hydrogens is 454 g/mol. The average molecular weight is 494 g/mol. The first-order chi connectivity index (χ1) is 16.5. The molecule has 35 heavy (non-hydrogen) atoms. The predicted octanol–water partition coefficient (Wildman–Crippen LogP) is 3.68. The number of nitrogens with one attached hydrogen (secondary N) is 1. The Morgan fingerprint density at radius 2 is 1.14 bits per heavy atom. The number of hydrogen-bond donors (Lipinski definition) is 1. The van der Waals surface area contributed by atoms with Gasteiger partial charge in [-0.1, -0.05) is 13.3 Å². The number of esters is 3. The average Bonchev–Trinajstić information content (AvgIpc) is 2.77. The molecule has 0 saturated carbocycles. The van der Waals surface area contributed by atoms with Gasteiger partial charge in [0.05, 0.1) is 0 Å². The highest BCUT2D eigenvalue weighted by Gasteiger charge is 2.39. The number of carbonyl (C=O) groups is 4. The molecule has 1 N–H and O–H groups in total. The smallest absolute Gasteiger partial charge is 0.408 e. The topological polar surface area (TPSA) is 117 Å². The van der Waals surface area contributed by atoms with Gasteiger partial charge in [0.2, 0.25) is 0 Å². The summed E-state index contributed by atoms with van der Waals surface area (Å²) in [7, 11) is 0. The molecule has 0 heterocycles. The van der Waals surface area contributed by atoms with Crippen molar-refractivity contribution in [3.05, 3.63) is 0 Å². The summed E-state index contributed by atoms with van der Waals surface area (Å²) in [5.74, 6) is 3.25. The molecule has 0 unspecified atom stereocenters. The molecule has 0 aromatic heterocycles. The van der Waals surface area contributed by atoms with Gasteiger partial charge in [0.25, 0.3) is 0 Å². The Bertz CT molecular complexity index is 734. The lowest BCUT2D eigenvalue weighted by Crippen LogP contribution is -2.60. The van der Waals surface area contributed by atoms with E-state index in [1.165, 1.54) is 0 Å². The molecule has 0 spiro atoms. The van der Waals surface area contributed by atoms with Gasteiger partial charge in [-0.2, -0.15) is 0 Å². The van der Waals surface area contributed by atoms with Gasteiger partial charge < -0.3 is 24.3 Å². The summed E-state index contributed by atoms with van der Waals surface area (Å²) < 4.78 is 21.4. The van der Waals surface area contributed by atoms with Crippen LogP contribution in [0.1, 0.15) is 85.5 Å².